The Balaban J connectivity index is 1.40. The quantitative estimate of drug-likeness (QED) is 0.844. The van der Waals surface area contributed by atoms with Crippen molar-refractivity contribution in [3.8, 4) is 0 Å². The van der Waals surface area contributed by atoms with Gasteiger partial charge in [0.05, 0.1) is 23.4 Å². The molecule has 0 amide bonds. The molecule has 2 fully saturated rings. The molecule has 6 heteroatoms. The number of piperidine rings is 1. The van der Waals surface area contributed by atoms with E-state index in [4.69, 9.17) is 4.74 Å². The van der Waals surface area contributed by atoms with E-state index in [1.54, 1.807) is 11.3 Å². The van der Waals surface area contributed by atoms with Crippen LogP contribution in [0.3, 0.4) is 0 Å². The van der Waals surface area contributed by atoms with Crippen LogP contribution < -0.4 is 4.90 Å². The molecule has 0 bridgehead atoms. The van der Waals surface area contributed by atoms with Crippen molar-refractivity contribution in [2.24, 2.45) is 5.92 Å². The van der Waals surface area contributed by atoms with Crippen LogP contribution in [0.5, 0.6) is 0 Å². The molecule has 0 radical (unpaired) electrons. The number of aromatic nitrogens is 2. The van der Waals surface area contributed by atoms with Crippen molar-refractivity contribution in [1.82, 2.24) is 14.9 Å². The fraction of sp³-hybridized carbons (Fsp3) is 0.579. The Hall–Kier alpha value is -1.50. The number of fused-ring (bicyclic) bond motifs is 1. The Bertz CT molecular complexity index is 719. The lowest BCUT2D eigenvalue weighted by Crippen LogP contribution is -2.47. The summed E-state index contributed by atoms with van der Waals surface area (Å²) in [6.45, 7) is 9.98. The van der Waals surface area contributed by atoms with Crippen molar-refractivity contribution in [2.75, 3.05) is 37.7 Å². The van der Waals surface area contributed by atoms with E-state index < -0.39 is 0 Å². The molecule has 4 heterocycles. The van der Waals surface area contributed by atoms with Crippen molar-refractivity contribution in [2.45, 2.75) is 32.9 Å². The summed E-state index contributed by atoms with van der Waals surface area (Å²) in [5, 5.41) is 3.34. The number of anilines is 1. The van der Waals surface area contributed by atoms with Crippen LogP contribution in [0.25, 0.3) is 0 Å². The van der Waals surface area contributed by atoms with Crippen molar-refractivity contribution >= 4 is 17.2 Å². The lowest BCUT2D eigenvalue weighted by atomic mass is 9.93. The Morgan fingerprint density at radius 1 is 1.20 bits per heavy atom. The molecule has 4 rings (SSSR count). The number of hydrogen-bond donors (Lipinski definition) is 0. The maximum Gasteiger partial charge on any atom is 0.128 e. The average Bonchev–Trinajstić information content (AvgIpc) is 2.89. The number of thiazole rings is 1. The predicted octanol–water partition coefficient (Wildman–Crippen LogP) is 2.88. The molecule has 2 saturated heterocycles. The molecule has 2 aromatic rings. The van der Waals surface area contributed by atoms with Crippen molar-refractivity contribution in [3.05, 3.63) is 40.0 Å². The third kappa shape index (κ3) is 4.02. The van der Waals surface area contributed by atoms with E-state index in [1.807, 2.05) is 0 Å². The Morgan fingerprint density at radius 3 is 2.92 bits per heavy atom. The van der Waals surface area contributed by atoms with Crippen molar-refractivity contribution in [1.29, 1.82) is 0 Å². The van der Waals surface area contributed by atoms with Gasteiger partial charge in [-0.15, -0.1) is 11.3 Å². The van der Waals surface area contributed by atoms with Gasteiger partial charge in [0.1, 0.15) is 5.82 Å². The Morgan fingerprint density at radius 2 is 2.12 bits per heavy atom. The molecule has 2 aliphatic rings. The molecular weight excluding hydrogens is 332 g/mol. The van der Waals surface area contributed by atoms with Gasteiger partial charge in [-0.25, -0.2) is 9.97 Å². The molecule has 134 valence electrons. The van der Waals surface area contributed by atoms with E-state index in [1.165, 1.54) is 5.69 Å². The normalized spacial score (nSPS) is 24.8. The van der Waals surface area contributed by atoms with E-state index in [-0.39, 0.29) is 0 Å². The highest BCUT2D eigenvalue weighted by atomic mass is 32.1. The zero-order valence-corrected chi connectivity index (χ0v) is 15.8. The van der Waals surface area contributed by atoms with E-state index in [9.17, 15) is 0 Å². The average molecular weight is 359 g/mol. The minimum atomic E-state index is 0.304. The van der Waals surface area contributed by atoms with Crippen LogP contribution in [0.2, 0.25) is 0 Å². The topological polar surface area (TPSA) is 41.5 Å². The smallest absolute Gasteiger partial charge is 0.128 e. The molecule has 5 nitrogen and oxygen atoms in total. The minimum Gasteiger partial charge on any atom is -0.375 e. The molecule has 0 spiro atoms. The van der Waals surface area contributed by atoms with Gasteiger partial charge in [0.2, 0.25) is 0 Å². The van der Waals surface area contributed by atoms with Crippen LogP contribution in [-0.2, 0) is 11.3 Å². The van der Waals surface area contributed by atoms with Gasteiger partial charge in [0, 0.05) is 49.7 Å². The first-order valence-corrected chi connectivity index (χ1v) is 9.99. The highest BCUT2D eigenvalue weighted by molar-refractivity contribution is 7.09. The standard InChI is InChI=1S/C19H26N4OS/c1-14-4-3-5-19(20-14)23-7-6-16-10-22(8-9-24-18(16)12-23)11-17-13-25-15(2)21-17/h3-5,13,16,18H,6-12H2,1-2H3/t16-,18-/m1/s1. The fourth-order valence-electron chi connectivity index (χ4n) is 3.89. The number of hydrogen-bond acceptors (Lipinski definition) is 6. The van der Waals surface area contributed by atoms with Crippen LogP contribution in [0.1, 0.15) is 22.8 Å². The highest BCUT2D eigenvalue weighted by Crippen LogP contribution is 2.27. The van der Waals surface area contributed by atoms with Gasteiger partial charge < -0.3 is 9.64 Å². The molecule has 25 heavy (non-hydrogen) atoms. The lowest BCUT2D eigenvalue weighted by molar-refractivity contribution is 0.0251. The molecule has 2 atom stereocenters. The number of ether oxygens (including phenoxy) is 1. The molecule has 0 N–H and O–H groups in total. The lowest BCUT2D eigenvalue weighted by Gasteiger charge is -2.38. The second-order valence-electron chi connectivity index (χ2n) is 7.13. The first-order valence-electron chi connectivity index (χ1n) is 9.11. The summed E-state index contributed by atoms with van der Waals surface area (Å²) in [7, 11) is 0. The molecule has 0 aliphatic carbocycles. The molecule has 0 aromatic carbocycles. The second-order valence-corrected chi connectivity index (χ2v) is 8.20. The summed E-state index contributed by atoms with van der Waals surface area (Å²) < 4.78 is 6.23. The zero-order chi connectivity index (χ0) is 17.2. The summed E-state index contributed by atoms with van der Waals surface area (Å²) in [5.74, 6) is 1.68. The summed E-state index contributed by atoms with van der Waals surface area (Å²) >= 11 is 1.74. The van der Waals surface area contributed by atoms with Crippen molar-refractivity contribution in [3.63, 3.8) is 0 Å². The zero-order valence-electron chi connectivity index (χ0n) is 15.0. The molecular formula is C19H26N4OS. The minimum absolute atomic E-state index is 0.304. The van der Waals surface area contributed by atoms with Crippen molar-refractivity contribution < 1.29 is 4.74 Å². The van der Waals surface area contributed by atoms with Gasteiger partial charge in [-0.05, 0) is 32.4 Å². The van der Waals surface area contributed by atoms with E-state index in [2.05, 4.69) is 57.2 Å². The highest BCUT2D eigenvalue weighted by Gasteiger charge is 2.34. The Labute approximate surface area is 153 Å². The first kappa shape index (κ1) is 16.9. The van der Waals surface area contributed by atoms with Crippen LogP contribution in [0.4, 0.5) is 5.82 Å². The molecule has 0 saturated carbocycles. The summed E-state index contributed by atoms with van der Waals surface area (Å²) in [6.07, 6.45) is 1.46. The maximum atomic E-state index is 6.23. The summed E-state index contributed by atoms with van der Waals surface area (Å²) in [5.41, 5.74) is 2.27. The molecule has 2 aromatic heterocycles. The predicted molar refractivity (Wildman–Crippen MR) is 101 cm³/mol. The number of aryl methyl sites for hydroxylation is 2. The van der Waals surface area contributed by atoms with Gasteiger partial charge >= 0.3 is 0 Å². The third-order valence-electron chi connectivity index (χ3n) is 5.18. The number of pyridine rings is 1. The third-order valence-corrected chi connectivity index (χ3v) is 6.00. The molecule has 2 aliphatic heterocycles. The summed E-state index contributed by atoms with van der Waals surface area (Å²) in [6, 6.07) is 6.26. The molecule has 0 unspecified atom stereocenters. The van der Waals surface area contributed by atoms with Crippen LogP contribution in [0, 0.1) is 19.8 Å². The monoisotopic (exact) mass is 358 g/mol. The van der Waals surface area contributed by atoms with Gasteiger partial charge in [0.15, 0.2) is 0 Å². The first-order chi connectivity index (χ1) is 12.2. The van der Waals surface area contributed by atoms with Gasteiger partial charge in [-0.1, -0.05) is 6.07 Å². The van der Waals surface area contributed by atoms with Crippen LogP contribution >= 0.6 is 11.3 Å². The van der Waals surface area contributed by atoms with Gasteiger partial charge in [0.25, 0.3) is 0 Å². The maximum absolute atomic E-state index is 6.23. The fourth-order valence-corrected chi connectivity index (χ4v) is 4.49. The SMILES string of the molecule is Cc1cccc(N2CC[C@@H]3CN(Cc4csc(C)n4)CCO[C@@H]3C2)n1. The Kier molecular flexibility index (Phi) is 5.01. The summed E-state index contributed by atoms with van der Waals surface area (Å²) in [4.78, 5) is 14.2. The van der Waals surface area contributed by atoms with Gasteiger partial charge in [-0.2, -0.15) is 0 Å². The van der Waals surface area contributed by atoms with Gasteiger partial charge in [-0.3, -0.25) is 4.90 Å². The van der Waals surface area contributed by atoms with E-state index in [0.29, 0.717) is 12.0 Å². The van der Waals surface area contributed by atoms with Crippen LogP contribution in [0.15, 0.2) is 23.6 Å². The number of rotatable bonds is 3. The van der Waals surface area contributed by atoms with E-state index >= 15 is 0 Å². The van der Waals surface area contributed by atoms with Crippen LogP contribution in [-0.4, -0.2) is 53.8 Å². The largest absolute Gasteiger partial charge is 0.375 e. The van der Waals surface area contributed by atoms with E-state index in [0.717, 1.165) is 62.3 Å². The number of nitrogens with zero attached hydrogens (tertiary/aromatic N) is 4. The second kappa shape index (κ2) is 7.40.